The quantitative estimate of drug-likeness (QED) is 0.455. The average Bonchev–Trinajstić information content (AvgIpc) is 3.04. The maximum absolute atomic E-state index is 12.5. The Labute approximate surface area is 147 Å². The molecule has 3 atom stereocenters. The molecule has 1 rings (SSSR count). The molecule has 0 aliphatic carbocycles. The van der Waals surface area contributed by atoms with E-state index in [9.17, 15) is 19.5 Å². The highest BCUT2D eigenvalue weighted by Crippen LogP contribution is 2.10. The highest BCUT2D eigenvalue weighted by molar-refractivity contribution is 7.98. The van der Waals surface area contributed by atoms with Gasteiger partial charge in [-0.2, -0.15) is 11.8 Å². The van der Waals surface area contributed by atoms with Gasteiger partial charge in [-0.1, -0.05) is 13.8 Å². The molecule has 0 aromatic rings. The van der Waals surface area contributed by atoms with Crippen molar-refractivity contribution in [2.24, 2.45) is 5.92 Å². The number of carboxylic acids is 1. The number of hydrogen-bond donors (Lipinski definition) is 4. The van der Waals surface area contributed by atoms with Gasteiger partial charge in [-0.05, 0) is 50.2 Å². The lowest BCUT2D eigenvalue weighted by Crippen LogP contribution is -2.54. The van der Waals surface area contributed by atoms with Crippen LogP contribution in [0.2, 0.25) is 0 Å². The lowest BCUT2D eigenvalue weighted by atomic mass is 10.0. The van der Waals surface area contributed by atoms with E-state index in [-0.39, 0.29) is 17.9 Å². The van der Waals surface area contributed by atoms with Crippen molar-refractivity contribution >= 4 is 29.5 Å². The first-order valence-corrected chi connectivity index (χ1v) is 9.80. The van der Waals surface area contributed by atoms with Gasteiger partial charge in [0.2, 0.25) is 11.8 Å². The summed E-state index contributed by atoms with van der Waals surface area (Å²) in [4.78, 5) is 36.0. The van der Waals surface area contributed by atoms with Crippen LogP contribution in [0, 0.1) is 5.92 Å². The van der Waals surface area contributed by atoms with Crippen LogP contribution >= 0.6 is 11.8 Å². The Morgan fingerprint density at radius 3 is 2.46 bits per heavy atom. The van der Waals surface area contributed by atoms with Crippen molar-refractivity contribution in [1.29, 1.82) is 0 Å². The Kier molecular flexibility index (Phi) is 9.13. The predicted molar refractivity (Wildman–Crippen MR) is 95.0 cm³/mol. The molecule has 1 aliphatic heterocycles. The van der Waals surface area contributed by atoms with Gasteiger partial charge >= 0.3 is 5.97 Å². The fourth-order valence-electron chi connectivity index (χ4n) is 2.65. The van der Waals surface area contributed by atoms with E-state index in [1.54, 1.807) is 0 Å². The summed E-state index contributed by atoms with van der Waals surface area (Å²) in [5.41, 5.74) is 0. The van der Waals surface area contributed by atoms with Crippen LogP contribution in [0.3, 0.4) is 0 Å². The van der Waals surface area contributed by atoms with Crippen LogP contribution in [0.5, 0.6) is 0 Å². The van der Waals surface area contributed by atoms with E-state index in [0.717, 1.165) is 19.4 Å². The standard InChI is InChI=1S/C16H29N3O4S/c1-10(2)9-13(19-14(20)11-5-4-7-17-11)15(21)18-12(16(22)23)6-8-24-3/h10-13,17H,4-9H2,1-3H3,(H,18,21)(H,19,20)(H,22,23)/t11-,12-,13-/m0/s1. The Hall–Kier alpha value is -1.28. The third-order valence-electron chi connectivity index (χ3n) is 3.94. The molecule has 7 nitrogen and oxygen atoms in total. The highest BCUT2D eigenvalue weighted by Gasteiger charge is 2.30. The summed E-state index contributed by atoms with van der Waals surface area (Å²) in [5.74, 6) is -0.825. The topological polar surface area (TPSA) is 108 Å². The van der Waals surface area contributed by atoms with Gasteiger partial charge < -0.3 is 21.1 Å². The molecular weight excluding hydrogens is 330 g/mol. The largest absolute Gasteiger partial charge is 0.480 e. The second-order valence-electron chi connectivity index (χ2n) is 6.52. The van der Waals surface area contributed by atoms with Gasteiger partial charge in [-0.15, -0.1) is 0 Å². The van der Waals surface area contributed by atoms with Gasteiger partial charge in [0.05, 0.1) is 6.04 Å². The van der Waals surface area contributed by atoms with E-state index < -0.39 is 24.0 Å². The molecule has 1 saturated heterocycles. The maximum Gasteiger partial charge on any atom is 0.326 e. The van der Waals surface area contributed by atoms with E-state index >= 15 is 0 Å². The first kappa shape index (κ1) is 20.8. The molecule has 0 spiro atoms. The van der Waals surface area contributed by atoms with Crippen LogP contribution in [0.15, 0.2) is 0 Å². The van der Waals surface area contributed by atoms with Gasteiger partial charge in [0, 0.05) is 0 Å². The van der Waals surface area contributed by atoms with Crippen molar-refractivity contribution in [3.8, 4) is 0 Å². The summed E-state index contributed by atoms with van der Waals surface area (Å²) in [6.45, 7) is 4.72. The smallest absolute Gasteiger partial charge is 0.326 e. The lowest BCUT2D eigenvalue weighted by molar-refractivity contribution is -0.142. The van der Waals surface area contributed by atoms with Gasteiger partial charge in [0.1, 0.15) is 12.1 Å². The van der Waals surface area contributed by atoms with E-state index in [4.69, 9.17) is 0 Å². The van der Waals surface area contributed by atoms with Crippen molar-refractivity contribution in [2.45, 2.75) is 57.7 Å². The van der Waals surface area contributed by atoms with Crippen LogP contribution in [-0.2, 0) is 14.4 Å². The minimum Gasteiger partial charge on any atom is -0.480 e. The zero-order valence-electron chi connectivity index (χ0n) is 14.6. The van der Waals surface area contributed by atoms with Crippen LogP contribution in [0.1, 0.15) is 39.5 Å². The van der Waals surface area contributed by atoms with E-state index in [1.807, 2.05) is 20.1 Å². The molecule has 1 heterocycles. The number of aliphatic carboxylic acids is 1. The molecular formula is C16H29N3O4S. The van der Waals surface area contributed by atoms with Crippen LogP contribution in [-0.4, -0.2) is 59.6 Å². The maximum atomic E-state index is 12.5. The minimum atomic E-state index is -1.05. The lowest BCUT2D eigenvalue weighted by Gasteiger charge is -2.24. The molecule has 0 radical (unpaired) electrons. The van der Waals surface area contributed by atoms with E-state index in [1.165, 1.54) is 11.8 Å². The minimum absolute atomic E-state index is 0.190. The number of hydrogen-bond acceptors (Lipinski definition) is 5. The fourth-order valence-corrected chi connectivity index (χ4v) is 3.12. The first-order chi connectivity index (χ1) is 11.3. The van der Waals surface area contributed by atoms with E-state index in [0.29, 0.717) is 18.6 Å². The summed E-state index contributed by atoms with van der Waals surface area (Å²) < 4.78 is 0. The van der Waals surface area contributed by atoms with Crippen LogP contribution in [0.4, 0.5) is 0 Å². The molecule has 2 amide bonds. The van der Waals surface area contributed by atoms with Gasteiger partial charge in [0.25, 0.3) is 0 Å². The SMILES string of the molecule is CSCC[C@H](NC(=O)[C@H](CC(C)C)NC(=O)[C@@H]1CCCN1)C(=O)O. The summed E-state index contributed by atoms with van der Waals surface area (Å²) in [6, 6.07) is -1.91. The number of thioether (sulfide) groups is 1. The van der Waals surface area contributed by atoms with Gasteiger partial charge in [0.15, 0.2) is 0 Å². The Balaban J connectivity index is 2.68. The Morgan fingerprint density at radius 2 is 1.96 bits per heavy atom. The third-order valence-corrected chi connectivity index (χ3v) is 4.59. The second-order valence-corrected chi connectivity index (χ2v) is 7.51. The Bertz CT molecular complexity index is 439. The molecule has 0 bridgehead atoms. The van der Waals surface area contributed by atoms with Crippen molar-refractivity contribution in [3.63, 3.8) is 0 Å². The summed E-state index contributed by atoms with van der Waals surface area (Å²) in [5, 5.41) is 17.7. The van der Waals surface area contributed by atoms with Gasteiger partial charge in [-0.25, -0.2) is 4.79 Å². The molecule has 24 heavy (non-hydrogen) atoms. The summed E-state index contributed by atoms with van der Waals surface area (Å²) in [6.07, 6.45) is 4.41. The number of carbonyl (C=O) groups excluding carboxylic acids is 2. The monoisotopic (exact) mass is 359 g/mol. The van der Waals surface area contributed by atoms with Crippen LogP contribution in [0.25, 0.3) is 0 Å². The van der Waals surface area contributed by atoms with Crippen molar-refractivity contribution in [1.82, 2.24) is 16.0 Å². The molecule has 0 saturated carbocycles. The zero-order valence-corrected chi connectivity index (χ0v) is 15.4. The third kappa shape index (κ3) is 7.09. The molecule has 4 N–H and O–H groups in total. The number of carbonyl (C=O) groups is 3. The molecule has 8 heteroatoms. The van der Waals surface area contributed by atoms with Crippen molar-refractivity contribution in [2.75, 3.05) is 18.6 Å². The molecule has 0 unspecified atom stereocenters. The number of rotatable bonds is 10. The summed E-state index contributed by atoms with van der Waals surface area (Å²) in [7, 11) is 0. The molecule has 138 valence electrons. The summed E-state index contributed by atoms with van der Waals surface area (Å²) >= 11 is 1.53. The first-order valence-electron chi connectivity index (χ1n) is 8.41. The number of nitrogens with one attached hydrogen (secondary N) is 3. The second kappa shape index (κ2) is 10.6. The van der Waals surface area contributed by atoms with E-state index in [2.05, 4.69) is 16.0 Å². The predicted octanol–water partition coefficient (Wildman–Crippen LogP) is 0.592. The normalized spacial score (nSPS) is 19.8. The molecule has 0 aromatic carbocycles. The Morgan fingerprint density at radius 1 is 1.25 bits per heavy atom. The van der Waals surface area contributed by atoms with Crippen LogP contribution < -0.4 is 16.0 Å². The van der Waals surface area contributed by atoms with Gasteiger partial charge in [-0.3, -0.25) is 9.59 Å². The molecule has 1 fully saturated rings. The molecule has 0 aromatic heterocycles. The molecule has 1 aliphatic rings. The highest BCUT2D eigenvalue weighted by atomic mass is 32.2. The van der Waals surface area contributed by atoms with Crippen molar-refractivity contribution < 1.29 is 19.5 Å². The number of carboxylic acid groups (broad SMARTS) is 1. The zero-order chi connectivity index (χ0) is 18.1. The fraction of sp³-hybridized carbons (Fsp3) is 0.812. The number of amides is 2. The van der Waals surface area contributed by atoms with Crippen molar-refractivity contribution in [3.05, 3.63) is 0 Å². The average molecular weight is 359 g/mol.